The Kier molecular flexibility index (Phi) is 4.46. The van der Waals surface area contributed by atoms with E-state index in [1.807, 2.05) is 0 Å². The van der Waals surface area contributed by atoms with Crippen LogP contribution in [-0.2, 0) is 5.41 Å². The highest BCUT2D eigenvalue weighted by Crippen LogP contribution is 2.56. The van der Waals surface area contributed by atoms with Gasteiger partial charge in [0, 0.05) is 15.9 Å². The Morgan fingerprint density at radius 1 is 1.05 bits per heavy atom. The van der Waals surface area contributed by atoms with Crippen LogP contribution in [0.3, 0.4) is 0 Å². The topological polar surface area (TPSA) is 12.0 Å². The van der Waals surface area contributed by atoms with Crippen molar-refractivity contribution in [3.63, 3.8) is 0 Å². The van der Waals surface area contributed by atoms with Crippen LogP contribution in [0.25, 0.3) is 0 Å². The van der Waals surface area contributed by atoms with Gasteiger partial charge in [0.25, 0.3) is 0 Å². The minimum absolute atomic E-state index is 0.282. The van der Waals surface area contributed by atoms with Gasteiger partial charge in [0.2, 0.25) is 0 Å². The summed E-state index contributed by atoms with van der Waals surface area (Å²) in [7, 11) is 0. The smallest absolute Gasteiger partial charge is 0.0418 e. The predicted molar refractivity (Wildman–Crippen MR) is 92.5 cm³/mol. The molecule has 1 unspecified atom stereocenters. The molecule has 21 heavy (non-hydrogen) atoms. The Balaban J connectivity index is 1.94. The molecule has 0 heterocycles. The Bertz CT molecular complexity index is 572. The molecule has 2 heteroatoms. The fraction of sp³-hybridized carbons (Fsp3) is 0.368. The third-order valence-electron chi connectivity index (χ3n) is 4.49. The summed E-state index contributed by atoms with van der Waals surface area (Å²) in [5.74, 6) is 0. The molecule has 0 bridgehead atoms. The summed E-state index contributed by atoms with van der Waals surface area (Å²) in [6.07, 6.45) is 3.71. The average Bonchev–Trinajstić information content (AvgIpc) is 3.32. The second-order valence-corrected chi connectivity index (χ2v) is 6.88. The molecule has 1 aliphatic rings. The van der Waals surface area contributed by atoms with Gasteiger partial charge in [-0.3, -0.25) is 0 Å². The number of hydrogen-bond acceptors (Lipinski definition) is 1. The third kappa shape index (κ3) is 3.07. The molecule has 0 aliphatic heterocycles. The molecule has 1 aliphatic carbocycles. The van der Waals surface area contributed by atoms with Gasteiger partial charge in [0.1, 0.15) is 0 Å². The van der Waals surface area contributed by atoms with Crippen molar-refractivity contribution in [1.29, 1.82) is 0 Å². The van der Waals surface area contributed by atoms with Crippen LogP contribution in [0.4, 0.5) is 0 Å². The van der Waals surface area contributed by atoms with Crippen molar-refractivity contribution in [3.8, 4) is 0 Å². The van der Waals surface area contributed by atoms with E-state index >= 15 is 0 Å². The summed E-state index contributed by atoms with van der Waals surface area (Å²) in [6.45, 7) is 3.29. The summed E-state index contributed by atoms with van der Waals surface area (Å²) in [4.78, 5) is 0. The highest BCUT2D eigenvalue weighted by atomic mass is 79.9. The van der Waals surface area contributed by atoms with Gasteiger partial charge in [-0.1, -0.05) is 65.3 Å². The van der Waals surface area contributed by atoms with Gasteiger partial charge in [-0.05, 0) is 49.1 Å². The van der Waals surface area contributed by atoms with E-state index in [1.165, 1.54) is 24.0 Å². The van der Waals surface area contributed by atoms with Gasteiger partial charge in [-0.15, -0.1) is 0 Å². The molecule has 0 radical (unpaired) electrons. The van der Waals surface area contributed by atoms with Crippen LogP contribution in [0.15, 0.2) is 59.1 Å². The molecular weight excluding hydrogens is 322 g/mol. The standard InChI is InChI=1S/C19H22BrN/c1-2-14-21-18(15-8-10-17(20)11-9-15)19(12-13-19)16-6-4-3-5-7-16/h3-11,18,21H,2,12-14H2,1H3. The van der Waals surface area contributed by atoms with Crippen molar-refractivity contribution in [2.45, 2.75) is 37.6 Å². The fourth-order valence-corrected chi connectivity index (χ4v) is 3.49. The van der Waals surface area contributed by atoms with Crippen LogP contribution < -0.4 is 5.32 Å². The molecule has 1 fully saturated rings. The van der Waals surface area contributed by atoms with E-state index in [-0.39, 0.29) is 5.41 Å². The first-order chi connectivity index (χ1) is 10.3. The second kappa shape index (κ2) is 6.33. The fourth-order valence-electron chi connectivity index (χ4n) is 3.22. The van der Waals surface area contributed by atoms with Crippen LogP contribution in [0, 0.1) is 0 Å². The van der Waals surface area contributed by atoms with Crippen LogP contribution >= 0.6 is 15.9 Å². The highest BCUT2D eigenvalue weighted by molar-refractivity contribution is 9.10. The normalized spacial score (nSPS) is 17.4. The predicted octanol–water partition coefficient (Wildman–Crippen LogP) is 5.22. The van der Waals surface area contributed by atoms with Crippen LogP contribution in [0.2, 0.25) is 0 Å². The lowest BCUT2D eigenvalue weighted by molar-refractivity contribution is 0.429. The van der Waals surface area contributed by atoms with E-state index in [4.69, 9.17) is 0 Å². The summed E-state index contributed by atoms with van der Waals surface area (Å²) in [5.41, 5.74) is 3.15. The van der Waals surface area contributed by atoms with Crippen LogP contribution in [0.5, 0.6) is 0 Å². The molecule has 2 aromatic carbocycles. The number of halogens is 1. The summed E-state index contributed by atoms with van der Waals surface area (Å²) in [6, 6.07) is 20.2. The minimum atomic E-state index is 0.282. The summed E-state index contributed by atoms with van der Waals surface area (Å²) < 4.78 is 1.14. The third-order valence-corrected chi connectivity index (χ3v) is 5.02. The van der Waals surface area contributed by atoms with E-state index < -0.39 is 0 Å². The maximum Gasteiger partial charge on any atom is 0.0418 e. The van der Waals surface area contributed by atoms with E-state index in [1.54, 1.807) is 0 Å². The molecule has 0 spiro atoms. The zero-order chi connectivity index (χ0) is 14.7. The van der Waals surface area contributed by atoms with Crippen molar-refractivity contribution in [1.82, 2.24) is 5.32 Å². The minimum Gasteiger partial charge on any atom is -0.309 e. The first-order valence-electron chi connectivity index (χ1n) is 7.80. The van der Waals surface area contributed by atoms with Gasteiger partial charge >= 0.3 is 0 Å². The maximum absolute atomic E-state index is 3.79. The van der Waals surface area contributed by atoms with E-state index in [9.17, 15) is 0 Å². The van der Waals surface area contributed by atoms with Gasteiger partial charge < -0.3 is 5.32 Å². The van der Waals surface area contributed by atoms with E-state index in [0.717, 1.165) is 17.4 Å². The van der Waals surface area contributed by atoms with Gasteiger partial charge in [0.15, 0.2) is 0 Å². The maximum atomic E-state index is 3.79. The number of nitrogens with one attached hydrogen (secondary N) is 1. The molecule has 1 nitrogen and oxygen atoms in total. The van der Waals surface area contributed by atoms with Gasteiger partial charge in [0.05, 0.1) is 0 Å². The Morgan fingerprint density at radius 2 is 1.71 bits per heavy atom. The summed E-state index contributed by atoms with van der Waals surface area (Å²) in [5, 5.41) is 3.79. The monoisotopic (exact) mass is 343 g/mol. The SMILES string of the molecule is CCCNC(c1ccc(Br)cc1)C1(c2ccccc2)CC1. The Labute approximate surface area is 135 Å². The van der Waals surface area contributed by atoms with Crippen molar-refractivity contribution < 1.29 is 0 Å². The summed E-state index contributed by atoms with van der Waals surface area (Å²) >= 11 is 3.54. The van der Waals surface area contributed by atoms with Crippen LogP contribution in [-0.4, -0.2) is 6.54 Å². The molecule has 1 saturated carbocycles. The van der Waals surface area contributed by atoms with E-state index in [2.05, 4.69) is 82.8 Å². The van der Waals surface area contributed by atoms with Crippen molar-refractivity contribution >= 4 is 15.9 Å². The van der Waals surface area contributed by atoms with Crippen molar-refractivity contribution in [2.75, 3.05) is 6.54 Å². The lowest BCUT2D eigenvalue weighted by Crippen LogP contribution is -2.32. The van der Waals surface area contributed by atoms with Crippen molar-refractivity contribution in [2.24, 2.45) is 0 Å². The molecule has 2 aromatic rings. The Morgan fingerprint density at radius 3 is 2.29 bits per heavy atom. The molecule has 3 rings (SSSR count). The van der Waals surface area contributed by atoms with Crippen molar-refractivity contribution in [3.05, 3.63) is 70.2 Å². The van der Waals surface area contributed by atoms with Gasteiger partial charge in [-0.2, -0.15) is 0 Å². The van der Waals surface area contributed by atoms with Crippen LogP contribution in [0.1, 0.15) is 43.4 Å². The largest absolute Gasteiger partial charge is 0.309 e. The zero-order valence-corrected chi connectivity index (χ0v) is 14.1. The molecule has 110 valence electrons. The number of benzene rings is 2. The second-order valence-electron chi connectivity index (χ2n) is 5.96. The lowest BCUT2D eigenvalue weighted by Gasteiger charge is -2.29. The quantitative estimate of drug-likeness (QED) is 0.757. The number of hydrogen-bond donors (Lipinski definition) is 1. The molecule has 1 atom stereocenters. The average molecular weight is 344 g/mol. The highest BCUT2D eigenvalue weighted by Gasteiger charge is 2.50. The molecule has 0 saturated heterocycles. The molecule has 0 amide bonds. The lowest BCUT2D eigenvalue weighted by atomic mass is 9.84. The first kappa shape index (κ1) is 14.8. The van der Waals surface area contributed by atoms with E-state index in [0.29, 0.717) is 6.04 Å². The molecule has 1 N–H and O–H groups in total. The molecular formula is C19H22BrN. The molecule has 0 aromatic heterocycles. The number of rotatable bonds is 6. The zero-order valence-electron chi connectivity index (χ0n) is 12.5. The Hall–Kier alpha value is -1.12. The van der Waals surface area contributed by atoms with Gasteiger partial charge in [-0.25, -0.2) is 0 Å². The first-order valence-corrected chi connectivity index (χ1v) is 8.60.